The first-order chi connectivity index (χ1) is 8.94. The Morgan fingerprint density at radius 3 is 2.53 bits per heavy atom. The van der Waals surface area contributed by atoms with E-state index in [0.717, 1.165) is 25.1 Å². The molecule has 102 valence electrons. The number of hydrogen-bond acceptors (Lipinski definition) is 1. The first-order valence-electron chi connectivity index (χ1n) is 7.31. The summed E-state index contributed by atoms with van der Waals surface area (Å²) in [6.45, 7) is 8.01. The van der Waals surface area contributed by atoms with Gasteiger partial charge in [0.25, 0.3) is 0 Å². The molecule has 19 heavy (non-hydrogen) atoms. The summed E-state index contributed by atoms with van der Waals surface area (Å²) < 4.78 is 0. The number of carbonyl (C=O) groups excluding carboxylic acids is 1. The molecular formula is C16H23NOSi. The van der Waals surface area contributed by atoms with E-state index in [1.165, 1.54) is 6.42 Å². The van der Waals surface area contributed by atoms with Crippen molar-refractivity contribution in [2.75, 3.05) is 11.4 Å². The molecule has 1 aromatic carbocycles. The predicted octanol–water partition coefficient (Wildman–Crippen LogP) is 3.91. The number of amides is 1. The summed E-state index contributed by atoms with van der Waals surface area (Å²) in [4.78, 5) is 15.2. The number of para-hydroxylation sites is 1. The van der Waals surface area contributed by atoms with Crippen LogP contribution in [0.3, 0.4) is 0 Å². The highest BCUT2D eigenvalue weighted by Crippen LogP contribution is 2.58. The average Bonchev–Trinajstić information content (AvgIpc) is 2.75. The van der Waals surface area contributed by atoms with Crippen LogP contribution in [0.2, 0.25) is 24.7 Å². The quantitative estimate of drug-likeness (QED) is 0.748. The molecule has 1 saturated heterocycles. The monoisotopic (exact) mass is 273 g/mol. The summed E-state index contributed by atoms with van der Waals surface area (Å²) in [5.41, 5.74) is 1.08. The lowest BCUT2D eigenvalue weighted by Gasteiger charge is -2.46. The van der Waals surface area contributed by atoms with Crippen LogP contribution in [-0.4, -0.2) is 20.5 Å². The molecule has 3 heteroatoms. The Bertz CT molecular complexity index is 493. The number of carbonyl (C=O) groups is 1. The van der Waals surface area contributed by atoms with Gasteiger partial charge in [0.15, 0.2) is 0 Å². The topological polar surface area (TPSA) is 20.3 Å². The van der Waals surface area contributed by atoms with E-state index in [1.54, 1.807) is 0 Å². The first kappa shape index (κ1) is 12.9. The zero-order valence-electron chi connectivity index (χ0n) is 12.1. The van der Waals surface area contributed by atoms with Crippen LogP contribution in [0.5, 0.6) is 0 Å². The molecule has 2 aliphatic rings. The van der Waals surface area contributed by atoms with E-state index in [2.05, 4.69) is 36.7 Å². The lowest BCUT2D eigenvalue weighted by Crippen LogP contribution is -2.54. The highest BCUT2D eigenvalue weighted by Gasteiger charge is 2.58. The van der Waals surface area contributed by atoms with E-state index >= 15 is 0 Å². The van der Waals surface area contributed by atoms with Crippen LogP contribution >= 0.6 is 0 Å². The van der Waals surface area contributed by atoms with Crippen LogP contribution in [-0.2, 0) is 4.79 Å². The molecule has 1 aliphatic carbocycles. The number of anilines is 1. The van der Waals surface area contributed by atoms with Crippen molar-refractivity contribution in [3.63, 3.8) is 0 Å². The Morgan fingerprint density at radius 1 is 1.21 bits per heavy atom. The van der Waals surface area contributed by atoms with Crippen LogP contribution in [0.15, 0.2) is 30.3 Å². The van der Waals surface area contributed by atoms with Crippen molar-refractivity contribution in [3.05, 3.63) is 30.3 Å². The minimum atomic E-state index is -1.49. The molecule has 3 rings (SSSR count). The molecule has 2 atom stereocenters. The Labute approximate surface area is 116 Å². The molecule has 1 amide bonds. The molecule has 2 bridgehead atoms. The Balaban J connectivity index is 2.01. The zero-order valence-corrected chi connectivity index (χ0v) is 13.1. The smallest absolute Gasteiger partial charge is 0.230 e. The second kappa shape index (κ2) is 4.20. The fraction of sp³-hybridized carbons (Fsp3) is 0.562. The van der Waals surface area contributed by atoms with Gasteiger partial charge in [-0.3, -0.25) is 4.79 Å². The summed E-state index contributed by atoms with van der Waals surface area (Å²) in [5.74, 6) is 1.12. The van der Waals surface area contributed by atoms with Crippen molar-refractivity contribution in [3.8, 4) is 0 Å². The van der Waals surface area contributed by atoms with Crippen LogP contribution in [0.1, 0.15) is 19.3 Å². The van der Waals surface area contributed by atoms with E-state index in [0.29, 0.717) is 11.8 Å². The molecule has 0 radical (unpaired) electrons. The van der Waals surface area contributed by atoms with E-state index in [9.17, 15) is 4.79 Å². The highest BCUT2D eigenvalue weighted by molar-refractivity contribution is 6.82. The molecule has 0 aromatic heterocycles. The molecule has 2 fully saturated rings. The van der Waals surface area contributed by atoms with Crippen LogP contribution in [0, 0.1) is 5.92 Å². The van der Waals surface area contributed by atoms with Crippen molar-refractivity contribution in [2.24, 2.45) is 5.92 Å². The number of fused-ring (bicyclic) bond motifs is 2. The maximum absolute atomic E-state index is 13.1. The lowest BCUT2D eigenvalue weighted by molar-refractivity contribution is -0.122. The minimum Gasteiger partial charge on any atom is -0.312 e. The van der Waals surface area contributed by atoms with Gasteiger partial charge < -0.3 is 4.90 Å². The molecule has 0 spiro atoms. The molecule has 1 heterocycles. The first-order valence-corrected chi connectivity index (χ1v) is 10.8. The Morgan fingerprint density at radius 2 is 1.89 bits per heavy atom. The standard InChI is InChI=1S/C16H23NOSi/c1-19(2,3)16-10-9-13(11-16)12-17(15(16)18)14-7-5-4-6-8-14/h4-8,13H,9-12H2,1-3H3/t13-,16-/m1/s1. The zero-order chi connectivity index (χ0) is 13.7. The van der Waals surface area contributed by atoms with Gasteiger partial charge >= 0.3 is 0 Å². The third-order valence-corrected chi connectivity index (χ3v) is 8.75. The maximum atomic E-state index is 13.1. The minimum absolute atomic E-state index is 0.00818. The molecule has 1 aliphatic heterocycles. The number of piperidine rings is 1. The summed E-state index contributed by atoms with van der Waals surface area (Å²) in [7, 11) is -1.49. The van der Waals surface area contributed by atoms with Crippen molar-refractivity contribution in [2.45, 2.75) is 43.9 Å². The molecule has 1 saturated carbocycles. The largest absolute Gasteiger partial charge is 0.312 e. The summed E-state index contributed by atoms with van der Waals surface area (Å²) >= 11 is 0. The SMILES string of the molecule is C[Si](C)(C)[C@@]12CC[C@@H](CN(c3ccccc3)C1=O)C2. The molecule has 2 nitrogen and oxygen atoms in total. The molecular weight excluding hydrogens is 250 g/mol. The Hall–Kier alpha value is -1.09. The van der Waals surface area contributed by atoms with Crippen LogP contribution in [0.25, 0.3) is 0 Å². The number of hydrogen-bond donors (Lipinski definition) is 0. The normalized spacial score (nSPS) is 30.8. The maximum Gasteiger partial charge on any atom is 0.230 e. The number of nitrogens with zero attached hydrogens (tertiary/aromatic N) is 1. The van der Waals surface area contributed by atoms with Gasteiger partial charge in [0.05, 0.1) is 8.07 Å². The molecule has 1 aromatic rings. The van der Waals surface area contributed by atoms with Gasteiger partial charge in [0, 0.05) is 17.3 Å². The van der Waals surface area contributed by atoms with Gasteiger partial charge in [0.1, 0.15) is 0 Å². The fourth-order valence-corrected chi connectivity index (χ4v) is 6.50. The average molecular weight is 273 g/mol. The van der Waals surface area contributed by atoms with E-state index in [1.807, 2.05) is 18.2 Å². The molecule has 0 N–H and O–H groups in total. The van der Waals surface area contributed by atoms with E-state index in [-0.39, 0.29) is 5.04 Å². The van der Waals surface area contributed by atoms with Crippen LogP contribution < -0.4 is 4.90 Å². The summed E-state index contributed by atoms with van der Waals surface area (Å²) in [6, 6.07) is 10.2. The Kier molecular flexibility index (Phi) is 2.86. The van der Waals surface area contributed by atoms with Gasteiger partial charge in [-0.15, -0.1) is 0 Å². The third-order valence-electron chi connectivity index (χ3n) is 5.22. The van der Waals surface area contributed by atoms with Crippen LogP contribution in [0.4, 0.5) is 5.69 Å². The third kappa shape index (κ3) is 1.86. The van der Waals surface area contributed by atoms with Gasteiger partial charge in [-0.1, -0.05) is 37.8 Å². The van der Waals surface area contributed by atoms with E-state index in [4.69, 9.17) is 0 Å². The molecule has 0 unspecified atom stereocenters. The van der Waals surface area contributed by atoms with Crippen molar-refractivity contribution >= 4 is 19.7 Å². The van der Waals surface area contributed by atoms with Gasteiger partial charge in [0.2, 0.25) is 5.91 Å². The summed E-state index contributed by atoms with van der Waals surface area (Å²) in [5, 5.41) is -0.00818. The highest BCUT2D eigenvalue weighted by atomic mass is 28.3. The van der Waals surface area contributed by atoms with Gasteiger partial charge in [-0.05, 0) is 37.3 Å². The number of rotatable bonds is 2. The predicted molar refractivity (Wildman–Crippen MR) is 82.2 cm³/mol. The summed E-state index contributed by atoms with van der Waals surface area (Å²) in [6.07, 6.45) is 3.50. The van der Waals surface area contributed by atoms with Crippen molar-refractivity contribution in [1.29, 1.82) is 0 Å². The number of benzene rings is 1. The lowest BCUT2D eigenvalue weighted by atomic mass is 9.96. The van der Waals surface area contributed by atoms with E-state index < -0.39 is 8.07 Å². The van der Waals surface area contributed by atoms with Crippen molar-refractivity contribution in [1.82, 2.24) is 0 Å². The van der Waals surface area contributed by atoms with Gasteiger partial charge in [-0.2, -0.15) is 0 Å². The second-order valence-electron chi connectivity index (χ2n) is 7.19. The van der Waals surface area contributed by atoms with Gasteiger partial charge in [-0.25, -0.2) is 0 Å². The van der Waals surface area contributed by atoms with Crippen molar-refractivity contribution < 1.29 is 4.79 Å². The second-order valence-corrected chi connectivity index (χ2v) is 12.6. The fourth-order valence-electron chi connectivity index (χ4n) is 3.93.